The molecule has 66 heavy (non-hydrogen) atoms. The third-order valence-electron chi connectivity index (χ3n) is 16.0. The molecule has 0 unspecified atom stereocenters. The molecule has 9 aromatic rings. The maximum Gasteiger partial charge on any atom is 0.333 e. The minimum atomic E-state index is -0.482. The first-order valence-corrected chi connectivity index (χ1v) is 24.0. The quantitative estimate of drug-likeness (QED) is 0.159. The Morgan fingerprint density at radius 1 is 0.455 bits per heavy atom. The first-order valence-electron chi connectivity index (χ1n) is 24.0. The molecule has 2 nitrogen and oxygen atoms in total. The predicted molar refractivity (Wildman–Crippen MR) is 277 cm³/mol. The van der Waals surface area contributed by atoms with Crippen LogP contribution in [0.1, 0.15) is 78.1 Å². The zero-order valence-electron chi connectivity index (χ0n) is 38.0. The molecule has 0 atom stereocenters. The van der Waals surface area contributed by atoms with E-state index < -0.39 is 5.41 Å². The van der Waals surface area contributed by atoms with Gasteiger partial charge in [0, 0.05) is 39.3 Å². The molecular formula is C63H49BN2. The lowest BCUT2D eigenvalue weighted by Crippen LogP contribution is -2.63. The van der Waals surface area contributed by atoms with Gasteiger partial charge in [-0.05, 0) is 139 Å². The normalized spacial score (nSPS) is 15.3. The highest BCUT2D eigenvalue weighted by Gasteiger charge is 2.56. The number of fused-ring (bicyclic) bond motifs is 16. The maximum absolute atomic E-state index is 2.77. The average molecular weight is 845 g/mol. The van der Waals surface area contributed by atoms with Gasteiger partial charge in [0.25, 0.3) is 0 Å². The number of aryl methyl sites for hydroxylation is 2. The lowest BCUT2D eigenvalue weighted by Gasteiger charge is -2.52. The summed E-state index contributed by atoms with van der Waals surface area (Å²) in [6.07, 6.45) is 3.41. The van der Waals surface area contributed by atoms with E-state index in [-0.39, 0.29) is 12.3 Å². The zero-order chi connectivity index (χ0) is 44.1. The molecule has 1 spiro atoms. The summed E-state index contributed by atoms with van der Waals surface area (Å²) in [5, 5.41) is 0. The van der Waals surface area contributed by atoms with E-state index in [2.05, 4.69) is 225 Å². The van der Waals surface area contributed by atoms with Crippen molar-refractivity contribution in [2.75, 3.05) is 9.71 Å². The largest absolute Gasteiger partial charge is 0.376 e. The predicted octanol–water partition coefficient (Wildman–Crippen LogP) is 14.7. The molecule has 5 aliphatic rings. The van der Waals surface area contributed by atoms with Crippen molar-refractivity contribution in [2.24, 2.45) is 0 Å². The molecule has 0 fully saturated rings. The van der Waals surface area contributed by atoms with Crippen molar-refractivity contribution >= 4 is 46.2 Å². The van der Waals surface area contributed by atoms with Crippen LogP contribution in [0.2, 0.25) is 0 Å². The standard InChI is InChI=1S/C63H49BN2/c1-5-6-19-40-32-33-56(46(36-40)41-20-8-7-9-21-41)65-58-38-54-47(44-24-10-13-26-49(44)62(54,3)4)37-55(58)64-60-48(34-39(2)35-59(60)65)45-25-18-30-53-61(45)66(64)57-31-17-16-29-52(57)63(53)50-27-14-11-22-42(50)43-23-12-15-28-51(43)63/h7-18,20-38H,5-6,19H2,1-4H3. The van der Waals surface area contributed by atoms with Crippen molar-refractivity contribution in [1.29, 1.82) is 0 Å². The first kappa shape index (κ1) is 38.0. The molecule has 3 heterocycles. The van der Waals surface area contributed by atoms with Crippen LogP contribution in [0.5, 0.6) is 0 Å². The van der Waals surface area contributed by atoms with Gasteiger partial charge in [0.05, 0.1) is 11.1 Å². The van der Waals surface area contributed by atoms with E-state index in [0.29, 0.717) is 0 Å². The van der Waals surface area contributed by atoms with E-state index in [4.69, 9.17) is 0 Å². The molecule has 314 valence electrons. The third-order valence-corrected chi connectivity index (χ3v) is 16.0. The highest BCUT2D eigenvalue weighted by atomic mass is 15.2. The smallest absolute Gasteiger partial charge is 0.333 e. The molecule has 14 rings (SSSR count). The van der Waals surface area contributed by atoms with Crippen LogP contribution in [0, 0.1) is 6.92 Å². The number of nitrogens with zero attached hydrogens (tertiary/aromatic N) is 2. The lowest BCUT2D eigenvalue weighted by molar-refractivity contribution is 0.660. The van der Waals surface area contributed by atoms with Gasteiger partial charge in [0.15, 0.2) is 0 Å². The molecule has 0 saturated carbocycles. The van der Waals surface area contributed by atoms with Crippen molar-refractivity contribution in [2.45, 2.75) is 57.8 Å². The molecule has 9 aromatic carbocycles. The summed E-state index contributed by atoms with van der Waals surface area (Å²) in [6.45, 7) is 9.35. The van der Waals surface area contributed by atoms with E-state index in [1.807, 2.05) is 0 Å². The van der Waals surface area contributed by atoms with Crippen LogP contribution in [0.4, 0.5) is 28.4 Å². The lowest BCUT2D eigenvalue weighted by atomic mass is 9.42. The molecule has 3 heteroatoms. The van der Waals surface area contributed by atoms with Gasteiger partial charge in [-0.15, -0.1) is 0 Å². The topological polar surface area (TPSA) is 6.48 Å². The Kier molecular flexibility index (Phi) is 7.82. The summed E-state index contributed by atoms with van der Waals surface area (Å²) >= 11 is 0. The van der Waals surface area contributed by atoms with Crippen molar-refractivity contribution in [3.63, 3.8) is 0 Å². The fourth-order valence-electron chi connectivity index (χ4n) is 13.3. The fraction of sp³-hybridized carbons (Fsp3) is 0.143. The summed E-state index contributed by atoms with van der Waals surface area (Å²) in [4.78, 5) is 5.44. The Balaban J connectivity index is 1.12. The second kappa shape index (κ2) is 13.6. The second-order valence-electron chi connectivity index (χ2n) is 19.9. The van der Waals surface area contributed by atoms with E-state index in [9.17, 15) is 0 Å². The molecule has 3 aliphatic heterocycles. The number of rotatable bonds is 5. The second-order valence-corrected chi connectivity index (χ2v) is 19.9. The Morgan fingerprint density at radius 3 is 1.83 bits per heavy atom. The Labute approximate surface area is 389 Å². The SMILES string of the molecule is CCCCc1ccc(N2c3cc4c(cc3B3c5c(cc(C)cc52)-c2cccc5c2N3c2ccccc2C52c3ccccc3-c3ccccc32)-c2ccccc2C4(C)C)c(-c2ccccc2)c1. The van der Waals surface area contributed by atoms with Gasteiger partial charge in [0.2, 0.25) is 0 Å². The van der Waals surface area contributed by atoms with Crippen LogP contribution >= 0.6 is 0 Å². The Morgan fingerprint density at radius 2 is 1.09 bits per heavy atom. The monoisotopic (exact) mass is 844 g/mol. The van der Waals surface area contributed by atoms with Crippen molar-refractivity contribution in [3.05, 3.63) is 233 Å². The molecule has 2 aliphatic carbocycles. The van der Waals surface area contributed by atoms with Gasteiger partial charge in [-0.1, -0.05) is 185 Å². The van der Waals surface area contributed by atoms with E-state index in [1.54, 1.807) is 0 Å². The van der Waals surface area contributed by atoms with Crippen LogP contribution in [0.3, 0.4) is 0 Å². The minimum Gasteiger partial charge on any atom is -0.376 e. The van der Waals surface area contributed by atoms with Crippen LogP contribution < -0.4 is 20.6 Å². The van der Waals surface area contributed by atoms with Gasteiger partial charge in [-0.3, -0.25) is 0 Å². The summed E-state index contributed by atoms with van der Waals surface area (Å²) in [7, 11) is 0. The Bertz CT molecular complexity index is 3500. The number of benzene rings is 9. The van der Waals surface area contributed by atoms with Crippen LogP contribution in [-0.2, 0) is 17.3 Å². The number of hydrogen-bond donors (Lipinski definition) is 0. The highest BCUT2D eigenvalue weighted by Crippen LogP contribution is 2.65. The number of anilines is 5. The summed E-state index contributed by atoms with van der Waals surface area (Å²) in [5.41, 5.74) is 29.8. The Hall–Kier alpha value is -7.36. The molecule has 0 bridgehead atoms. The number of unbranched alkanes of at least 4 members (excludes halogenated alkanes) is 1. The third kappa shape index (κ3) is 4.78. The minimum absolute atomic E-state index is 0.0916. The van der Waals surface area contributed by atoms with Crippen LogP contribution in [-0.4, -0.2) is 6.85 Å². The molecule has 0 amide bonds. The number of para-hydroxylation sites is 2. The highest BCUT2D eigenvalue weighted by molar-refractivity contribution is 6.94. The maximum atomic E-state index is 2.77. The number of hydrogen-bond acceptors (Lipinski definition) is 2. The first-order chi connectivity index (χ1) is 32.4. The summed E-state index contributed by atoms with van der Waals surface area (Å²) in [5.74, 6) is 0. The van der Waals surface area contributed by atoms with Crippen LogP contribution in [0.15, 0.2) is 188 Å². The van der Waals surface area contributed by atoms with Crippen LogP contribution in [0.25, 0.3) is 44.5 Å². The van der Waals surface area contributed by atoms with Gasteiger partial charge >= 0.3 is 6.85 Å². The molecule has 0 saturated heterocycles. The average Bonchev–Trinajstić information content (AvgIpc) is 3.77. The van der Waals surface area contributed by atoms with Crippen molar-refractivity contribution < 1.29 is 0 Å². The molecule has 0 radical (unpaired) electrons. The van der Waals surface area contributed by atoms with E-state index in [1.165, 1.54) is 141 Å². The van der Waals surface area contributed by atoms with E-state index >= 15 is 0 Å². The molecule has 0 aromatic heterocycles. The zero-order valence-corrected chi connectivity index (χ0v) is 38.0. The van der Waals surface area contributed by atoms with Gasteiger partial charge in [-0.2, -0.15) is 0 Å². The molecular weight excluding hydrogens is 796 g/mol. The van der Waals surface area contributed by atoms with Crippen molar-refractivity contribution in [3.8, 4) is 44.5 Å². The van der Waals surface area contributed by atoms with Gasteiger partial charge < -0.3 is 9.71 Å². The fourth-order valence-corrected chi connectivity index (χ4v) is 13.3. The van der Waals surface area contributed by atoms with Gasteiger partial charge in [-0.25, -0.2) is 0 Å². The summed E-state index contributed by atoms with van der Waals surface area (Å²) in [6, 6.07) is 72.7. The van der Waals surface area contributed by atoms with E-state index in [0.717, 1.165) is 6.42 Å². The van der Waals surface area contributed by atoms with Crippen molar-refractivity contribution in [1.82, 2.24) is 0 Å². The van der Waals surface area contributed by atoms with Gasteiger partial charge in [0.1, 0.15) is 0 Å². The molecule has 0 N–H and O–H groups in total. The summed E-state index contributed by atoms with van der Waals surface area (Å²) < 4.78 is 0.